The first-order chi connectivity index (χ1) is 9.38. The van der Waals surface area contributed by atoms with E-state index in [4.69, 9.17) is 9.84 Å². The predicted octanol–water partition coefficient (Wildman–Crippen LogP) is 1.22. The van der Waals surface area contributed by atoms with E-state index in [1.54, 1.807) is 6.92 Å². The van der Waals surface area contributed by atoms with E-state index in [2.05, 4.69) is 4.72 Å². The lowest BCUT2D eigenvalue weighted by Crippen LogP contribution is -2.40. The van der Waals surface area contributed by atoms with Crippen molar-refractivity contribution in [1.82, 2.24) is 4.72 Å². The smallest absolute Gasteiger partial charge is 0.308 e. The van der Waals surface area contributed by atoms with Crippen LogP contribution in [0.25, 0.3) is 0 Å². The molecule has 0 saturated carbocycles. The maximum Gasteiger partial charge on any atom is 0.308 e. The fraction of sp³-hybridized carbons (Fsp3) is 0.583. The number of sulfonamides is 1. The van der Waals surface area contributed by atoms with Gasteiger partial charge in [0.25, 0.3) is 0 Å². The van der Waals surface area contributed by atoms with Crippen LogP contribution in [0, 0.1) is 0 Å². The van der Waals surface area contributed by atoms with Gasteiger partial charge in [0, 0.05) is 17.5 Å². The van der Waals surface area contributed by atoms with Crippen molar-refractivity contribution in [2.75, 3.05) is 6.61 Å². The third-order valence-electron chi connectivity index (χ3n) is 3.09. The van der Waals surface area contributed by atoms with Crippen LogP contribution in [-0.2, 0) is 26.0 Å². The first-order valence-electron chi connectivity index (χ1n) is 6.33. The van der Waals surface area contributed by atoms with Crippen molar-refractivity contribution >= 4 is 27.3 Å². The molecule has 0 radical (unpaired) electrons. The van der Waals surface area contributed by atoms with Gasteiger partial charge in [0.1, 0.15) is 4.21 Å². The van der Waals surface area contributed by atoms with Crippen LogP contribution in [0.15, 0.2) is 16.3 Å². The second kappa shape index (κ2) is 6.21. The molecule has 2 N–H and O–H groups in total. The van der Waals surface area contributed by atoms with Crippen molar-refractivity contribution in [3.63, 3.8) is 0 Å². The van der Waals surface area contributed by atoms with E-state index in [0.29, 0.717) is 11.5 Å². The molecule has 0 amide bonds. The Bertz CT molecular complexity index is 574. The van der Waals surface area contributed by atoms with Gasteiger partial charge in [-0.15, -0.1) is 11.3 Å². The summed E-state index contributed by atoms with van der Waals surface area (Å²) in [5.41, 5.74) is 0. The number of hydrogen-bond donors (Lipinski definition) is 2. The fourth-order valence-electron chi connectivity index (χ4n) is 2.12. The number of carboxylic acids is 1. The van der Waals surface area contributed by atoms with E-state index in [1.165, 1.54) is 12.1 Å². The number of carbonyl (C=O) groups is 1. The second-order valence-electron chi connectivity index (χ2n) is 4.75. The number of thiophene rings is 1. The summed E-state index contributed by atoms with van der Waals surface area (Å²) in [5, 5.41) is 8.69. The number of carboxylic acid groups (broad SMARTS) is 1. The third-order valence-corrected chi connectivity index (χ3v) is 6.23. The molecular weight excluding hydrogens is 302 g/mol. The number of hydrogen-bond acceptors (Lipinski definition) is 5. The highest BCUT2D eigenvalue weighted by Gasteiger charge is 2.27. The zero-order chi connectivity index (χ0) is 14.8. The third kappa shape index (κ3) is 3.78. The van der Waals surface area contributed by atoms with Gasteiger partial charge in [0.15, 0.2) is 0 Å². The van der Waals surface area contributed by atoms with E-state index in [-0.39, 0.29) is 22.8 Å². The fourth-order valence-corrected chi connectivity index (χ4v) is 4.76. The summed E-state index contributed by atoms with van der Waals surface area (Å²) < 4.78 is 32.6. The molecule has 0 spiro atoms. The van der Waals surface area contributed by atoms with Crippen molar-refractivity contribution in [2.45, 2.75) is 42.5 Å². The first kappa shape index (κ1) is 15.4. The SMILES string of the molecule is CC(NS(=O)(=O)c1ccc(CC(=O)O)s1)C1CCCO1. The zero-order valence-electron chi connectivity index (χ0n) is 11.0. The summed E-state index contributed by atoms with van der Waals surface area (Å²) in [7, 11) is -3.62. The molecule has 2 atom stereocenters. The molecule has 0 aromatic carbocycles. The maximum absolute atomic E-state index is 12.2. The predicted molar refractivity (Wildman–Crippen MR) is 74.4 cm³/mol. The molecule has 20 heavy (non-hydrogen) atoms. The lowest BCUT2D eigenvalue weighted by atomic mass is 10.1. The number of ether oxygens (including phenoxy) is 1. The van der Waals surface area contributed by atoms with Crippen molar-refractivity contribution in [2.24, 2.45) is 0 Å². The van der Waals surface area contributed by atoms with Gasteiger partial charge in [-0.05, 0) is 31.9 Å². The van der Waals surface area contributed by atoms with E-state index < -0.39 is 16.0 Å². The lowest BCUT2D eigenvalue weighted by Gasteiger charge is -2.19. The molecule has 1 aromatic rings. The summed E-state index contributed by atoms with van der Waals surface area (Å²) in [6, 6.07) is 2.67. The zero-order valence-corrected chi connectivity index (χ0v) is 12.7. The quantitative estimate of drug-likeness (QED) is 0.822. The number of nitrogens with one attached hydrogen (secondary N) is 1. The molecule has 0 aliphatic carbocycles. The van der Waals surface area contributed by atoms with E-state index in [1.807, 2.05) is 0 Å². The highest BCUT2D eigenvalue weighted by molar-refractivity contribution is 7.91. The molecule has 8 heteroatoms. The molecule has 112 valence electrons. The Balaban J connectivity index is 2.05. The van der Waals surface area contributed by atoms with Gasteiger partial charge < -0.3 is 9.84 Å². The Labute approximate surface area is 121 Å². The normalized spacial score (nSPS) is 20.9. The van der Waals surface area contributed by atoms with E-state index >= 15 is 0 Å². The van der Waals surface area contributed by atoms with Crippen LogP contribution in [0.3, 0.4) is 0 Å². The van der Waals surface area contributed by atoms with Crippen LogP contribution in [0.1, 0.15) is 24.6 Å². The van der Waals surface area contributed by atoms with Crippen molar-refractivity contribution in [3.05, 3.63) is 17.0 Å². The van der Waals surface area contributed by atoms with Gasteiger partial charge in [0.2, 0.25) is 10.0 Å². The molecule has 2 heterocycles. The second-order valence-corrected chi connectivity index (χ2v) is 7.86. The van der Waals surface area contributed by atoms with Crippen LogP contribution >= 0.6 is 11.3 Å². The molecule has 1 saturated heterocycles. The van der Waals surface area contributed by atoms with Gasteiger partial charge in [-0.2, -0.15) is 0 Å². The minimum atomic E-state index is -3.62. The molecule has 2 rings (SSSR count). The highest BCUT2D eigenvalue weighted by atomic mass is 32.2. The summed E-state index contributed by atoms with van der Waals surface area (Å²) in [6.07, 6.45) is 1.53. The van der Waals surface area contributed by atoms with Gasteiger partial charge in [-0.1, -0.05) is 0 Å². The molecule has 6 nitrogen and oxygen atoms in total. The average Bonchev–Trinajstić information content (AvgIpc) is 2.97. The summed E-state index contributed by atoms with van der Waals surface area (Å²) >= 11 is 0.981. The molecule has 2 unspecified atom stereocenters. The number of rotatable bonds is 6. The van der Waals surface area contributed by atoms with Crippen molar-refractivity contribution in [1.29, 1.82) is 0 Å². The molecule has 1 fully saturated rings. The van der Waals surface area contributed by atoms with Gasteiger partial charge >= 0.3 is 5.97 Å². The number of aliphatic carboxylic acids is 1. The molecule has 1 aliphatic heterocycles. The van der Waals surface area contributed by atoms with Crippen LogP contribution in [-0.4, -0.2) is 38.2 Å². The van der Waals surface area contributed by atoms with Crippen LogP contribution in [0.5, 0.6) is 0 Å². The van der Waals surface area contributed by atoms with Gasteiger partial charge in [-0.3, -0.25) is 4.79 Å². The summed E-state index contributed by atoms with van der Waals surface area (Å²) in [4.78, 5) is 11.1. The lowest BCUT2D eigenvalue weighted by molar-refractivity contribution is -0.136. The average molecular weight is 319 g/mol. The molecule has 0 bridgehead atoms. The van der Waals surface area contributed by atoms with Crippen LogP contribution in [0.2, 0.25) is 0 Å². The monoisotopic (exact) mass is 319 g/mol. The molecule has 1 aliphatic rings. The Morgan fingerprint density at radius 1 is 1.60 bits per heavy atom. The Kier molecular flexibility index (Phi) is 4.79. The Hall–Kier alpha value is -0.960. The largest absolute Gasteiger partial charge is 0.481 e. The minimum absolute atomic E-state index is 0.0942. The van der Waals surface area contributed by atoms with Gasteiger partial charge in [-0.25, -0.2) is 13.1 Å². The van der Waals surface area contributed by atoms with Crippen LogP contribution in [0.4, 0.5) is 0 Å². The van der Waals surface area contributed by atoms with E-state index in [9.17, 15) is 13.2 Å². The van der Waals surface area contributed by atoms with Crippen molar-refractivity contribution in [3.8, 4) is 0 Å². The standard InChI is InChI=1S/C12H17NO5S2/c1-8(10-3-2-6-18-10)13-20(16,17)12-5-4-9(19-12)7-11(14)15/h4-5,8,10,13H,2-3,6-7H2,1H3,(H,14,15). The van der Waals surface area contributed by atoms with E-state index in [0.717, 1.165) is 24.2 Å². The van der Waals surface area contributed by atoms with Crippen LogP contribution < -0.4 is 4.72 Å². The van der Waals surface area contributed by atoms with Crippen molar-refractivity contribution < 1.29 is 23.1 Å². The first-order valence-corrected chi connectivity index (χ1v) is 8.63. The minimum Gasteiger partial charge on any atom is -0.481 e. The Morgan fingerprint density at radius 2 is 2.35 bits per heavy atom. The van der Waals surface area contributed by atoms with Gasteiger partial charge in [0.05, 0.1) is 12.5 Å². The molecular formula is C12H17NO5S2. The maximum atomic E-state index is 12.2. The summed E-state index contributed by atoms with van der Waals surface area (Å²) in [5.74, 6) is -0.975. The molecule has 1 aromatic heterocycles. The highest BCUT2D eigenvalue weighted by Crippen LogP contribution is 2.23. The summed E-state index contributed by atoms with van der Waals surface area (Å²) in [6.45, 7) is 2.44. The topological polar surface area (TPSA) is 92.7 Å². The Morgan fingerprint density at radius 3 is 2.95 bits per heavy atom.